The molecule has 0 unspecified atom stereocenters. The third kappa shape index (κ3) is 2.36. The minimum atomic E-state index is -0.340. The standard InChI is InChI=1S/C17H24N2O3/c1-21-11-13-6-7-14(22-13)15-18-17(8-2-3-9-17)16(20)19(15)10-12-4-5-12/h6-7,12,15,18H,2-5,8-11H2,1H3/t15-/m0/s1. The first-order valence-electron chi connectivity index (χ1n) is 8.38. The lowest BCUT2D eigenvalue weighted by Gasteiger charge is -2.22. The van der Waals surface area contributed by atoms with Gasteiger partial charge in [-0.15, -0.1) is 0 Å². The molecular weight excluding hydrogens is 280 g/mol. The van der Waals surface area contributed by atoms with Crippen molar-refractivity contribution in [1.29, 1.82) is 0 Å². The molecule has 0 radical (unpaired) electrons. The first-order valence-corrected chi connectivity index (χ1v) is 8.38. The van der Waals surface area contributed by atoms with Crippen LogP contribution in [0.25, 0.3) is 0 Å². The first kappa shape index (κ1) is 14.3. The summed E-state index contributed by atoms with van der Waals surface area (Å²) >= 11 is 0. The zero-order valence-electron chi connectivity index (χ0n) is 13.1. The third-order valence-electron chi connectivity index (χ3n) is 5.24. The highest BCUT2D eigenvalue weighted by molar-refractivity contribution is 5.89. The molecule has 1 spiro atoms. The molecule has 0 bridgehead atoms. The number of hydrogen-bond donors (Lipinski definition) is 1. The van der Waals surface area contributed by atoms with Gasteiger partial charge in [0.2, 0.25) is 5.91 Å². The molecule has 3 fully saturated rings. The minimum absolute atomic E-state index is 0.114. The van der Waals surface area contributed by atoms with E-state index in [-0.39, 0.29) is 17.6 Å². The number of ether oxygens (including phenoxy) is 1. The number of methoxy groups -OCH3 is 1. The van der Waals surface area contributed by atoms with Crippen molar-refractivity contribution in [1.82, 2.24) is 10.2 Å². The van der Waals surface area contributed by atoms with Crippen LogP contribution in [0, 0.1) is 5.92 Å². The molecule has 1 aromatic rings. The van der Waals surface area contributed by atoms with Gasteiger partial charge >= 0.3 is 0 Å². The fourth-order valence-corrected chi connectivity index (χ4v) is 3.88. The van der Waals surface area contributed by atoms with E-state index in [4.69, 9.17) is 9.15 Å². The summed E-state index contributed by atoms with van der Waals surface area (Å²) in [4.78, 5) is 15.0. The number of rotatable bonds is 5. The minimum Gasteiger partial charge on any atom is -0.460 e. The van der Waals surface area contributed by atoms with Gasteiger partial charge in [-0.3, -0.25) is 10.1 Å². The van der Waals surface area contributed by atoms with Crippen LogP contribution < -0.4 is 5.32 Å². The normalized spacial score (nSPS) is 27.2. The molecule has 3 aliphatic rings. The number of carbonyl (C=O) groups is 1. The zero-order chi connectivity index (χ0) is 15.2. The molecule has 2 saturated carbocycles. The van der Waals surface area contributed by atoms with Crippen molar-refractivity contribution in [3.8, 4) is 0 Å². The summed E-state index contributed by atoms with van der Waals surface area (Å²) in [5, 5.41) is 3.61. The second-order valence-electron chi connectivity index (χ2n) is 6.97. The van der Waals surface area contributed by atoms with Crippen molar-refractivity contribution < 1.29 is 13.9 Å². The monoisotopic (exact) mass is 304 g/mol. The maximum Gasteiger partial charge on any atom is 0.244 e. The number of nitrogens with zero attached hydrogens (tertiary/aromatic N) is 1. The van der Waals surface area contributed by atoms with Gasteiger partial charge in [-0.25, -0.2) is 0 Å². The Morgan fingerprint density at radius 3 is 2.82 bits per heavy atom. The quantitative estimate of drug-likeness (QED) is 0.908. The van der Waals surface area contributed by atoms with Crippen molar-refractivity contribution >= 4 is 5.91 Å². The maximum absolute atomic E-state index is 13.0. The predicted molar refractivity (Wildman–Crippen MR) is 80.9 cm³/mol. The van der Waals surface area contributed by atoms with Gasteiger partial charge in [0.1, 0.15) is 24.3 Å². The van der Waals surface area contributed by atoms with E-state index in [9.17, 15) is 4.79 Å². The number of hydrogen-bond acceptors (Lipinski definition) is 4. The number of nitrogens with one attached hydrogen (secondary N) is 1. The highest BCUT2D eigenvalue weighted by atomic mass is 16.5. The molecule has 22 heavy (non-hydrogen) atoms. The van der Waals surface area contributed by atoms with Crippen molar-refractivity contribution in [2.75, 3.05) is 13.7 Å². The van der Waals surface area contributed by atoms with Crippen LogP contribution in [0.15, 0.2) is 16.5 Å². The number of carbonyl (C=O) groups excluding carboxylic acids is 1. The van der Waals surface area contributed by atoms with Crippen LogP contribution in [0.3, 0.4) is 0 Å². The van der Waals surface area contributed by atoms with E-state index in [0.29, 0.717) is 12.5 Å². The summed E-state index contributed by atoms with van der Waals surface area (Å²) < 4.78 is 11.0. The molecular formula is C17H24N2O3. The summed E-state index contributed by atoms with van der Waals surface area (Å²) in [6.07, 6.45) is 6.56. The zero-order valence-corrected chi connectivity index (χ0v) is 13.1. The van der Waals surface area contributed by atoms with Gasteiger partial charge in [0.25, 0.3) is 0 Å². The highest BCUT2D eigenvalue weighted by Crippen LogP contribution is 2.43. The van der Waals surface area contributed by atoms with Crippen molar-refractivity contribution in [2.24, 2.45) is 5.92 Å². The van der Waals surface area contributed by atoms with E-state index in [1.807, 2.05) is 17.0 Å². The molecule has 4 rings (SSSR count). The molecule has 1 saturated heterocycles. The van der Waals surface area contributed by atoms with E-state index in [1.54, 1.807) is 7.11 Å². The van der Waals surface area contributed by atoms with Gasteiger partial charge in [0.05, 0.1) is 5.54 Å². The SMILES string of the molecule is COCc1ccc([C@H]2NC3(CCCC3)C(=O)N2CC2CC2)o1. The average molecular weight is 304 g/mol. The molecule has 2 heterocycles. The van der Waals surface area contributed by atoms with E-state index in [1.165, 1.54) is 12.8 Å². The Morgan fingerprint density at radius 2 is 2.14 bits per heavy atom. The van der Waals surface area contributed by atoms with Crippen LogP contribution in [0.1, 0.15) is 56.2 Å². The number of furan rings is 1. The molecule has 1 amide bonds. The average Bonchev–Trinajstić information content (AvgIpc) is 2.93. The second kappa shape index (κ2) is 5.39. The Hall–Kier alpha value is -1.33. The fourth-order valence-electron chi connectivity index (χ4n) is 3.88. The van der Waals surface area contributed by atoms with Crippen LogP contribution in [0.2, 0.25) is 0 Å². The summed E-state index contributed by atoms with van der Waals surface area (Å²) in [5.41, 5.74) is -0.340. The lowest BCUT2D eigenvalue weighted by Crippen LogP contribution is -2.44. The fraction of sp³-hybridized carbons (Fsp3) is 0.706. The van der Waals surface area contributed by atoms with E-state index < -0.39 is 0 Å². The van der Waals surface area contributed by atoms with Crippen LogP contribution in [-0.4, -0.2) is 30.0 Å². The molecule has 5 heteroatoms. The summed E-state index contributed by atoms with van der Waals surface area (Å²) in [6.45, 7) is 1.33. The van der Waals surface area contributed by atoms with Crippen LogP contribution >= 0.6 is 0 Å². The Bertz CT molecular complexity index is 558. The lowest BCUT2D eigenvalue weighted by molar-refractivity contribution is -0.133. The lowest BCUT2D eigenvalue weighted by atomic mass is 9.98. The molecule has 1 atom stereocenters. The molecule has 1 aromatic heterocycles. The highest BCUT2D eigenvalue weighted by Gasteiger charge is 2.54. The van der Waals surface area contributed by atoms with Gasteiger partial charge in [0.15, 0.2) is 0 Å². The van der Waals surface area contributed by atoms with Crippen LogP contribution in [0.5, 0.6) is 0 Å². The molecule has 0 aromatic carbocycles. The summed E-state index contributed by atoms with van der Waals surface area (Å²) in [5.74, 6) is 2.61. The smallest absolute Gasteiger partial charge is 0.244 e. The topological polar surface area (TPSA) is 54.7 Å². The second-order valence-corrected chi connectivity index (χ2v) is 6.97. The molecule has 2 aliphatic carbocycles. The summed E-state index contributed by atoms with van der Waals surface area (Å²) in [6, 6.07) is 3.92. The van der Waals surface area contributed by atoms with Crippen molar-refractivity contribution in [3.63, 3.8) is 0 Å². The van der Waals surface area contributed by atoms with Gasteiger partial charge in [0, 0.05) is 13.7 Å². The van der Waals surface area contributed by atoms with Gasteiger partial charge in [-0.05, 0) is 43.7 Å². The van der Waals surface area contributed by atoms with Gasteiger partial charge in [-0.1, -0.05) is 12.8 Å². The van der Waals surface area contributed by atoms with Crippen LogP contribution in [-0.2, 0) is 16.1 Å². The molecule has 1 aliphatic heterocycles. The Morgan fingerprint density at radius 1 is 1.36 bits per heavy atom. The van der Waals surface area contributed by atoms with Crippen molar-refractivity contribution in [3.05, 3.63) is 23.7 Å². The van der Waals surface area contributed by atoms with Gasteiger partial charge < -0.3 is 14.1 Å². The molecule has 5 nitrogen and oxygen atoms in total. The predicted octanol–water partition coefficient (Wildman–Crippen LogP) is 2.58. The Kier molecular flexibility index (Phi) is 3.50. The van der Waals surface area contributed by atoms with E-state index >= 15 is 0 Å². The molecule has 120 valence electrons. The van der Waals surface area contributed by atoms with Crippen molar-refractivity contribution in [2.45, 2.75) is 56.8 Å². The number of amides is 1. The van der Waals surface area contributed by atoms with Gasteiger partial charge in [-0.2, -0.15) is 0 Å². The van der Waals surface area contributed by atoms with E-state index in [0.717, 1.165) is 43.7 Å². The largest absolute Gasteiger partial charge is 0.460 e. The first-order chi connectivity index (χ1) is 10.7. The maximum atomic E-state index is 13.0. The third-order valence-corrected chi connectivity index (χ3v) is 5.24. The Balaban J connectivity index is 1.60. The Labute approximate surface area is 131 Å². The molecule has 1 N–H and O–H groups in total. The summed E-state index contributed by atoms with van der Waals surface area (Å²) in [7, 11) is 1.66. The van der Waals surface area contributed by atoms with E-state index in [2.05, 4.69) is 5.32 Å². The van der Waals surface area contributed by atoms with Crippen LogP contribution in [0.4, 0.5) is 0 Å².